The fourth-order valence-electron chi connectivity index (χ4n) is 5.62. The Bertz CT molecular complexity index is 616. The fraction of sp³-hybridized carbons (Fsp3) is 0.667. The highest BCUT2D eigenvalue weighted by molar-refractivity contribution is 9.10. The molecule has 5 rings (SSSR count). The average Bonchev–Trinajstić information content (AvgIpc) is 2.47. The highest BCUT2D eigenvalue weighted by Gasteiger charge is 2.60. The van der Waals surface area contributed by atoms with Crippen LogP contribution in [-0.2, 0) is 4.79 Å². The Morgan fingerprint density at radius 2 is 2.00 bits per heavy atom. The van der Waals surface area contributed by atoms with Gasteiger partial charge in [-0.1, -0.05) is 15.9 Å². The number of carbonyl (C=O) groups is 1. The number of hydrogen-bond acceptors (Lipinski definition) is 2. The molecule has 4 aliphatic rings. The van der Waals surface area contributed by atoms with E-state index in [4.69, 9.17) is 0 Å². The number of nitrogens with zero attached hydrogens (tertiary/aromatic N) is 2. The second kappa shape index (κ2) is 5.55. The van der Waals surface area contributed by atoms with Gasteiger partial charge < -0.3 is 0 Å². The van der Waals surface area contributed by atoms with Gasteiger partial charge in [0.25, 0.3) is 0 Å². The number of carbonyl (C=O) groups excluding carboxylic acids is 1. The van der Waals surface area contributed by atoms with Crippen LogP contribution in [0.5, 0.6) is 0 Å². The SMILES string of the molecule is CCN(C(=O)C12CC3CC(CC(Br)(C3)C1)C2)c1ccc(Br)cn1. The first kappa shape index (κ1) is 16.1. The van der Waals surface area contributed by atoms with Crippen molar-refractivity contribution < 1.29 is 4.79 Å². The van der Waals surface area contributed by atoms with Gasteiger partial charge in [-0.25, -0.2) is 4.98 Å². The number of anilines is 1. The van der Waals surface area contributed by atoms with Crippen molar-refractivity contribution in [3.63, 3.8) is 0 Å². The van der Waals surface area contributed by atoms with Crippen LogP contribution < -0.4 is 4.90 Å². The summed E-state index contributed by atoms with van der Waals surface area (Å²) in [7, 11) is 0. The summed E-state index contributed by atoms with van der Waals surface area (Å²) in [6, 6.07) is 3.90. The minimum absolute atomic E-state index is 0.168. The van der Waals surface area contributed by atoms with E-state index in [1.807, 2.05) is 24.0 Å². The van der Waals surface area contributed by atoms with E-state index in [0.29, 0.717) is 12.5 Å². The molecule has 0 N–H and O–H groups in total. The van der Waals surface area contributed by atoms with E-state index < -0.39 is 0 Å². The zero-order valence-corrected chi connectivity index (χ0v) is 16.6. The molecule has 23 heavy (non-hydrogen) atoms. The van der Waals surface area contributed by atoms with Gasteiger partial charge in [-0.05, 0) is 85.3 Å². The number of amides is 1. The molecule has 0 spiro atoms. The number of rotatable bonds is 3. The standard InChI is InChI=1S/C18H22Br2N2O/c1-2-22(15-4-3-14(19)10-21-15)16(23)17-6-12-5-13(7-17)9-18(20,8-12)11-17/h3-4,10,12-13H,2,5-9,11H2,1H3. The molecule has 2 unspecified atom stereocenters. The third kappa shape index (κ3) is 2.68. The Morgan fingerprint density at radius 3 is 2.52 bits per heavy atom. The highest BCUT2D eigenvalue weighted by Crippen LogP contribution is 2.64. The van der Waals surface area contributed by atoms with E-state index in [-0.39, 0.29) is 9.74 Å². The zero-order valence-electron chi connectivity index (χ0n) is 13.4. The molecule has 3 nitrogen and oxygen atoms in total. The lowest BCUT2D eigenvalue weighted by molar-refractivity contribution is -0.141. The van der Waals surface area contributed by atoms with Crippen molar-refractivity contribution in [1.29, 1.82) is 0 Å². The Morgan fingerprint density at radius 1 is 1.30 bits per heavy atom. The van der Waals surface area contributed by atoms with Crippen LogP contribution in [0.25, 0.3) is 0 Å². The molecule has 4 bridgehead atoms. The summed E-state index contributed by atoms with van der Waals surface area (Å²) in [5, 5.41) is 0. The maximum Gasteiger partial charge on any atom is 0.234 e. The van der Waals surface area contributed by atoms with Crippen molar-refractivity contribution in [2.45, 2.75) is 49.8 Å². The van der Waals surface area contributed by atoms with Crippen molar-refractivity contribution in [2.75, 3.05) is 11.4 Å². The van der Waals surface area contributed by atoms with Gasteiger partial charge in [-0.2, -0.15) is 0 Å². The van der Waals surface area contributed by atoms with Gasteiger partial charge in [0.2, 0.25) is 5.91 Å². The van der Waals surface area contributed by atoms with Gasteiger partial charge in [0.15, 0.2) is 0 Å². The lowest BCUT2D eigenvalue weighted by atomic mass is 9.49. The first-order valence-corrected chi connectivity index (χ1v) is 10.1. The van der Waals surface area contributed by atoms with Gasteiger partial charge in [-0.15, -0.1) is 0 Å². The molecule has 0 radical (unpaired) electrons. The Balaban J connectivity index is 1.66. The largest absolute Gasteiger partial charge is 0.297 e. The number of halogens is 2. The third-order valence-corrected chi connectivity index (χ3v) is 7.39. The maximum atomic E-state index is 13.5. The second-order valence-corrected chi connectivity index (χ2v) is 10.4. The highest BCUT2D eigenvalue weighted by atomic mass is 79.9. The van der Waals surface area contributed by atoms with Crippen molar-refractivity contribution in [3.8, 4) is 0 Å². The Hall–Kier alpha value is -0.420. The van der Waals surface area contributed by atoms with Crippen LogP contribution in [0, 0.1) is 17.3 Å². The molecule has 1 aromatic rings. The van der Waals surface area contributed by atoms with Gasteiger partial charge in [0, 0.05) is 21.5 Å². The van der Waals surface area contributed by atoms with Crippen LogP contribution in [0.2, 0.25) is 0 Å². The van der Waals surface area contributed by atoms with E-state index in [1.54, 1.807) is 6.20 Å². The molecule has 1 heterocycles. The molecular formula is C18H22Br2N2O. The summed E-state index contributed by atoms with van der Waals surface area (Å²) in [5.74, 6) is 2.51. The number of pyridine rings is 1. The summed E-state index contributed by atoms with van der Waals surface area (Å²) >= 11 is 7.43. The minimum Gasteiger partial charge on any atom is -0.297 e. The summed E-state index contributed by atoms with van der Waals surface area (Å²) in [4.78, 5) is 19.9. The van der Waals surface area contributed by atoms with Crippen LogP contribution in [0.15, 0.2) is 22.8 Å². The zero-order chi connectivity index (χ0) is 16.2. The summed E-state index contributed by atoms with van der Waals surface area (Å²) < 4.78 is 1.15. The molecule has 0 aliphatic heterocycles. The molecule has 0 saturated heterocycles. The number of aromatic nitrogens is 1. The average molecular weight is 442 g/mol. The topological polar surface area (TPSA) is 33.2 Å². The van der Waals surface area contributed by atoms with E-state index in [1.165, 1.54) is 19.3 Å². The van der Waals surface area contributed by atoms with Crippen LogP contribution in [-0.4, -0.2) is 21.8 Å². The fourth-order valence-corrected chi connectivity index (χ4v) is 7.31. The minimum atomic E-state index is -0.168. The number of hydrogen-bond donors (Lipinski definition) is 0. The van der Waals surface area contributed by atoms with E-state index >= 15 is 0 Å². The van der Waals surface area contributed by atoms with Crippen molar-refractivity contribution in [1.82, 2.24) is 4.98 Å². The molecule has 4 saturated carbocycles. The normalized spacial score (nSPS) is 37.9. The van der Waals surface area contributed by atoms with Crippen LogP contribution in [0.1, 0.15) is 45.4 Å². The molecule has 4 aliphatic carbocycles. The quantitative estimate of drug-likeness (QED) is 0.623. The van der Waals surface area contributed by atoms with Gasteiger partial charge in [-0.3, -0.25) is 9.69 Å². The first-order chi connectivity index (χ1) is 10.9. The first-order valence-electron chi connectivity index (χ1n) is 8.55. The Kier molecular flexibility index (Phi) is 3.88. The van der Waals surface area contributed by atoms with Crippen molar-refractivity contribution in [3.05, 3.63) is 22.8 Å². The molecule has 124 valence electrons. The maximum absolute atomic E-state index is 13.5. The summed E-state index contributed by atoms with van der Waals surface area (Å²) in [5.41, 5.74) is -0.168. The van der Waals surface area contributed by atoms with Gasteiger partial charge in [0.1, 0.15) is 5.82 Å². The lowest BCUT2D eigenvalue weighted by Crippen LogP contribution is -2.59. The predicted molar refractivity (Wildman–Crippen MR) is 98.7 cm³/mol. The van der Waals surface area contributed by atoms with E-state index in [2.05, 4.69) is 36.8 Å². The Labute approximate surface area is 154 Å². The predicted octanol–water partition coefficient (Wildman–Crippen LogP) is 4.93. The molecule has 5 heteroatoms. The smallest absolute Gasteiger partial charge is 0.234 e. The van der Waals surface area contributed by atoms with Gasteiger partial charge >= 0.3 is 0 Å². The van der Waals surface area contributed by atoms with E-state index in [9.17, 15) is 4.79 Å². The molecular weight excluding hydrogens is 420 g/mol. The second-order valence-electron chi connectivity index (χ2n) is 7.78. The summed E-state index contributed by atoms with van der Waals surface area (Å²) in [6.07, 6.45) is 8.74. The van der Waals surface area contributed by atoms with Crippen LogP contribution in [0.4, 0.5) is 5.82 Å². The molecule has 2 atom stereocenters. The lowest BCUT2D eigenvalue weighted by Gasteiger charge is -2.60. The third-order valence-electron chi connectivity index (χ3n) is 5.99. The molecule has 1 amide bonds. The monoisotopic (exact) mass is 440 g/mol. The molecule has 0 aromatic carbocycles. The summed E-state index contributed by atoms with van der Waals surface area (Å²) in [6.45, 7) is 2.73. The van der Waals surface area contributed by atoms with Crippen molar-refractivity contribution in [2.24, 2.45) is 17.3 Å². The molecule has 1 aromatic heterocycles. The number of alkyl halides is 1. The van der Waals surface area contributed by atoms with Gasteiger partial charge in [0.05, 0.1) is 5.41 Å². The van der Waals surface area contributed by atoms with Crippen LogP contribution in [0.3, 0.4) is 0 Å². The van der Waals surface area contributed by atoms with Crippen molar-refractivity contribution >= 4 is 43.6 Å². The molecule has 4 fully saturated rings. The van der Waals surface area contributed by atoms with E-state index in [0.717, 1.165) is 41.4 Å². The van der Waals surface area contributed by atoms with Crippen LogP contribution >= 0.6 is 31.9 Å².